The van der Waals surface area contributed by atoms with Crippen LogP contribution in [0.4, 0.5) is 5.00 Å². The number of fused-ring (bicyclic) bond motifs is 13. The molecular weight excluding hydrogens is 1540 g/mol. The lowest BCUT2D eigenvalue weighted by molar-refractivity contribution is -0.150. The average Bonchev–Trinajstić information content (AvgIpc) is 1.68. The van der Waals surface area contributed by atoms with E-state index in [0.717, 1.165) is 76.5 Å². The van der Waals surface area contributed by atoms with Gasteiger partial charge < -0.3 is 39.9 Å². The van der Waals surface area contributed by atoms with Gasteiger partial charge in [0.15, 0.2) is 0 Å². The van der Waals surface area contributed by atoms with Crippen molar-refractivity contribution in [2.45, 2.75) is 206 Å². The summed E-state index contributed by atoms with van der Waals surface area (Å²) in [5, 5.41) is 20.8. The second-order valence-corrected chi connectivity index (χ2v) is 29.3. The van der Waals surface area contributed by atoms with Crippen molar-refractivity contribution in [3.63, 3.8) is 0 Å². The van der Waals surface area contributed by atoms with Crippen molar-refractivity contribution in [3.05, 3.63) is 121 Å². The summed E-state index contributed by atoms with van der Waals surface area (Å²) in [4.78, 5) is 125. The number of aromatic nitrogens is 8. The number of carbonyl (C=O) groups is 7. The Bertz CT molecular complexity index is 6040. The van der Waals surface area contributed by atoms with Crippen LogP contribution in [0.5, 0.6) is 0 Å². The van der Waals surface area contributed by atoms with Crippen LogP contribution in [0.2, 0.25) is 15.5 Å². The molecule has 0 amide bonds. The van der Waals surface area contributed by atoms with Crippen molar-refractivity contribution < 1.29 is 101 Å². The number of halogens is 3. The number of aryl methyl sites for hydroxylation is 5. The molecule has 580 valence electrons. The van der Waals surface area contributed by atoms with Gasteiger partial charge in [0.05, 0.1) is 72.7 Å². The molecular formula is C77H92Cl3N9O14S5. The number of esters is 2. The minimum absolute atomic E-state index is 0. The number of nitrogens with two attached hydrogens (primary N) is 1. The van der Waals surface area contributed by atoms with Gasteiger partial charge in [-0.05, 0) is 183 Å². The number of aliphatic hydroxyl groups excluding tert-OH is 2. The van der Waals surface area contributed by atoms with Gasteiger partial charge in [-0.1, -0.05) is 42.2 Å². The van der Waals surface area contributed by atoms with Gasteiger partial charge in [-0.2, -0.15) is 0 Å². The molecule has 5 N–H and O–H groups in total. The van der Waals surface area contributed by atoms with Crippen LogP contribution in [0.1, 0.15) is 275 Å². The second kappa shape index (κ2) is 40.8. The molecule has 6 atom stereocenters. The fraction of sp³-hybridized carbons (Fsp3) is 0.519. The molecule has 9 aromatic rings. The number of carbonyl (C=O) groups excluding carboxylic acids is 7. The molecule has 11 heterocycles. The highest BCUT2D eigenvalue weighted by atomic mass is 35.5. The summed E-state index contributed by atoms with van der Waals surface area (Å²) in [6.07, 6.45) is -18.8. The number of aromatic amines is 1. The summed E-state index contributed by atoms with van der Waals surface area (Å²) in [5.74, 6) is -11.7. The first kappa shape index (κ1) is 53.8. The summed E-state index contributed by atoms with van der Waals surface area (Å²) >= 11 is 23.0. The molecule has 18 rings (SSSR count). The first-order valence-corrected chi connectivity index (χ1v) is 38.1. The van der Waals surface area contributed by atoms with E-state index in [1.54, 1.807) is 20.1 Å². The maximum absolute atomic E-state index is 12.0. The van der Waals surface area contributed by atoms with E-state index in [4.69, 9.17) is 93.1 Å². The molecule has 5 unspecified atom stereocenters. The standard InChI is InChI=1S/C12H15NO3S.C11H9ClN2OS.C11H10N2O2S.2C10H9ClN2OS.C8H12O3.2C5H8O.C4H8O.CH4/c1-3-16-12(15)10-9-7(6(2)14)4-5-8(9)17-11(10)13;1-5(15)6-2-3-7-8(6)9-10(12)13-4-14-11(9)16-7;1-5(14)6-2-3-7-8(6)9-10(15)12-4-13-11(9)16-7;2*11-9-8-7-5(3-14)1-2-6(7)15-10(8)13-4-12-9;1-2-11-8(10)6-4-3-5-7(6)9;1-2-4-6-5-3-1;6-5-3-1-2-4-5;1-2-4-5-3-1;/h7H,3-5,13H2,1-2H3;4,6H,2-3H2,1H3;4,6H,2-3H2,1H3,(H,12,13,15);2*4-5,14H,1-3H2;6H,2-5H2,1H3;2,4H,1,3,5H2;1-4H2;1-4H2;1H4/t;;;5-;;;;;;/m...1....../s1/i4D2,5D2;2*2D2,3D2;2*1D2,2D2;3D2,4D2;;1D2,2D2;;. The van der Waals surface area contributed by atoms with Gasteiger partial charge in [-0.3, -0.25) is 33.6 Å². The number of rotatable bonds is 9. The number of ketones is 5. The molecule has 31 heteroatoms. The van der Waals surface area contributed by atoms with Gasteiger partial charge >= 0.3 is 11.9 Å². The van der Waals surface area contributed by atoms with E-state index in [-0.39, 0.29) is 106 Å². The fourth-order valence-electron chi connectivity index (χ4n) is 11.0. The zero-order chi connectivity index (χ0) is 102. The van der Waals surface area contributed by atoms with Gasteiger partial charge in [-0.15, -0.1) is 56.7 Å². The third-order valence-corrected chi connectivity index (χ3v) is 21.9. The minimum atomic E-state index is -2.49. The number of anilines is 1. The van der Waals surface area contributed by atoms with Crippen LogP contribution in [-0.2, 0) is 79.6 Å². The number of hydrogen-bond acceptors (Lipinski definition) is 27. The van der Waals surface area contributed by atoms with Crippen LogP contribution in [0.15, 0.2) is 42.4 Å². The van der Waals surface area contributed by atoms with E-state index < -0.39 is 185 Å². The third-order valence-electron chi connectivity index (χ3n) is 16.0. The SMILES string of the molecule is C.C1=COCCC1.C1CCOC1.[2H]C1([2H])CC(=O)C(C(=O)OCC)C1([2H])[2H].[2H]C1([2H])CC(=O)CC1([2H])[2H].[2H]C1([2H])c2sc(N)c(C(=O)OCC)c2C(C(C)=O)C1([2H])[2H].[2H]C1([2H])c2sc3nc[nH]c(=O)c3c2C(C(C)=O)C1([2H])[2H].[2H]C1([2H])c2sc3ncnc(Cl)c3c2C(C(C)=O)C1([2H])[2H].[2H]C1([2H])c2sc3ncnc(Cl)c3c2C(CO)C1([2H])[2H].[2H]C1([2H])c2sc3ncnc(Cl)c3c2[C@@H](CO)C1([2H])[2H]. The molecule has 9 aliphatic rings. The van der Waals surface area contributed by atoms with Gasteiger partial charge in [0.25, 0.3) is 5.56 Å². The molecule has 108 heavy (non-hydrogen) atoms. The minimum Gasteiger partial charge on any atom is -0.502 e. The Morgan fingerprint density at radius 3 is 1.38 bits per heavy atom. The zero-order valence-corrected chi connectivity index (χ0v) is 63.9. The number of H-pyrrole nitrogens is 1. The lowest BCUT2D eigenvalue weighted by Gasteiger charge is -2.09. The maximum Gasteiger partial charge on any atom is 0.341 e. The predicted molar refractivity (Wildman–Crippen MR) is 427 cm³/mol. The highest BCUT2D eigenvalue weighted by Gasteiger charge is 2.38. The Hall–Kier alpha value is -6.96. The Morgan fingerprint density at radius 2 is 1.00 bits per heavy atom. The number of aliphatic hydroxyl groups is 2. The predicted octanol–water partition coefficient (Wildman–Crippen LogP) is 16.2. The van der Waals surface area contributed by atoms with E-state index >= 15 is 0 Å². The first-order chi connectivity index (χ1) is 62.2. The second-order valence-electron chi connectivity index (χ2n) is 23.2. The molecule has 0 aromatic carbocycles. The Morgan fingerprint density at radius 1 is 0.556 bits per heavy atom. The van der Waals surface area contributed by atoms with Gasteiger partial charge in [0.1, 0.15) is 93.6 Å². The lowest BCUT2D eigenvalue weighted by Crippen LogP contribution is -2.21. The summed E-state index contributed by atoms with van der Waals surface area (Å²) in [7, 11) is 0. The summed E-state index contributed by atoms with van der Waals surface area (Å²) in [6, 6.07) is 0. The van der Waals surface area contributed by atoms with Crippen molar-refractivity contribution in [2.75, 3.05) is 52.0 Å². The molecule has 3 fully saturated rings. The lowest BCUT2D eigenvalue weighted by atomic mass is 9.96. The van der Waals surface area contributed by atoms with Crippen LogP contribution in [-0.4, -0.2) is 137 Å². The number of hydrogen-bond donors (Lipinski definition) is 4. The molecule has 1 saturated heterocycles. The van der Waals surface area contributed by atoms with E-state index in [1.165, 1.54) is 71.8 Å². The van der Waals surface area contributed by atoms with Gasteiger partial charge in [-0.25, -0.2) is 39.7 Å². The van der Waals surface area contributed by atoms with Gasteiger partial charge in [0, 0.05) is 125 Å². The topological polar surface area (TPSA) is 346 Å². The van der Waals surface area contributed by atoms with Crippen LogP contribution in [0.3, 0.4) is 0 Å². The van der Waals surface area contributed by atoms with Crippen molar-refractivity contribution in [1.82, 2.24) is 39.9 Å². The number of ether oxygens (including phenoxy) is 4. The highest BCUT2D eigenvalue weighted by molar-refractivity contribution is 7.20. The Labute approximate surface area is 700 Å². The fourth-order valence-corrected chi connectivity index (χ4v) is 17.1. The Kier molecular flexibility index (Phi) is 20.4. The third kappa shape index (κ3) is 20.4. The molecule has 2 aliphatic heterocycles. The molecule has 9 aromatic heterocycles. The van der Waals surface area contributed by atoms with Crippen LogP contribution in [0, 0.1) is 5.92 Å². The molecule has 0 spiro atoms. The number of Topliss-reactive ketones (excluding diaryl/α,β-unsaturated/α-hetero) is 5. The largest absolute Gasteiger partial charge is 0.502 e. The maximum atomic E-state index is 12.0. The summed E-state index contributed by atoms with van der Waals surface area (Å²) in [6.45, 7) is 8.88. The molecule has 2 saturated carbocycles. The molecule has 23 nitrogen and oxygen atoms in total. The van der Waals surface area contributed by atoms with Crippen LogP contribution >= 0.6 is 91.5 Å². The van der Waals surface area contributed by atoms with Crippen molar-refractivity contribution in [1.29, 1.82) is 0 Å². The summed E-state index contributed by atoms with van der Waals surface area (Å²) in [5.41, 5.74) is 6.52. The Balaban J connectivity index is 0.000000175. The summed E-state index contributed by atoms with van der Waals surface area (Å²) < 4.78 is 237. The first-order valence-electron chi connectivity index (χ1n) is 46.9. The van der Waals surface area contributed by atoms with Crippen molar-refractivity contribution in [2.24, 2.45) is 5.92 Å². The molecule has 0 bridgehead atoms. The molecule has 0 radical (unpaired) electrons. The number of allylic oxidation sites excluding steroid dienone is 1. The van der Waals surface area contributed by atoms with Gasteiger partial charge in [0.2, 0.25) is 0 Å². The van der Waals surface area contributed by atoms with E-state index in [2.05, 4.69) is 44.6 Å². The monoisotopic (exact) mass is 1660 g/mol. The smallest absolute Gasteiger partial charge is 0.341 e. The van der Waals surface area contributed by atoms with Crippen molar-refractivity contribution >= 4 is 178 Å². The van der Waals surface area contributed by atoms with Crippen LogP contribution < -0.4 is 11.3 Å². The normalized spacial score (nSPS) is 30.2. The van der Waals surface area contributed by atoms with E-state index in [9.17, 15) is 48.6 Å². The number of thiophene rings is 5. The van der Waals surface area contributed by atoms with Crippen LogP contribution in [0.25, 0.3) is 40.9 Å². The average molecular weight is 1660 g/mol. The zero-order valence-electron chi connectivity index (χ0n) is 85.5. The quantitative estimate of drug-likeness (QED) is 0.0592. The number of nitrogen functional groups attached to an aromatic ring is 1. The number of nitrogens with zero attached hydrogens (tertiary/aromatic N) is 7. The molecule has 7 aliphatic carbocycles. The van der Waals surface area contributed by atoms with E-state index in [1.807, 2.05) is 6.08 Å². The highest BCUT2D eigenvalue weighted by Crippen LogP contribution is 2.49. The van der Waals surface area contributed by atoms with E-state index in [0.29, 0.717) is 52.2 Å². The number of nitrogens with one attached hydrogen (secondary N) is 1. The van der Waals surface area contributed by atoms with Crippen molar-refractivity contribution in [3.8, 4) is 0 Å².